The molecule has 0 bridgehead atoms. The Morgan fingerprint density at radius 2 is 1.81 bits per heavy atom. The predicted molar refractivity (Wildman–Crippen MR) is 114 cm³/mol. The number of nitrogens with zero attached hydrogens (tertiary/aromatic N) is 3. The highest BCUT2D eigenvalue weighted by atomic mass is 32.2. The van der Waals surface area contributed by atoms with Gasteiger partial charge in [-0.05, 0) is 37.3 Å². The van der Waals surface area contributed by atoms with Crippen molar-refractivity contribution in [3.05, 3.63) is 66.0 Å². The predicted octanol–water partition coefficient (Wildman–Crippen LogP) is 4.02. The van der Waals surface area contributed by atoms with Crippen molar-refractivity contribution in [1.82, 2.24) is 14.8 Å². The molecule has 3 rings (SSSR count). The van der Waals surface area contributed by atoms with Crippen LogP contribution in [0, 0.1) is 0 Å². The second-order valence-electron chi connectivity index (χ2n) is 6.63. The number of benzene rings is 2. The van der Waals surface area contributed by atoms with Crippen molar-refractivity contribution in [2.75, 3.05) is 11.1 Å². The monoisotopic (exact) mass is 484 g/mol. The molecule has 12 heteroatoms. The van der Waals surface area contributed by atoms with Crippen LogP contribution < -0.4 is 5.32 Å². The van der Waals surface area contributed by atoms with E-state index in [1.165, 1.54) is 24.3 Å². The van der Waals surface area contributed by atoms with Gasteiger partial charge in [0.15, 0.2) is 15.0 Å². The lowest BCUT2D eigenvalue weighted by molar-refractivity contribution is -0.137. The molecule has 0 aliphatic heterocycles. The van der Waals surface area contributed by atoms with Crippen LogP contribution in [0.15, 0.2) is 64.6 Å². The van der Waals surface area contributed by atoms with Crippen molar-refractivity contribution in [2.45, 2.75) is 35.4 Å². The molecule has 32 heavy (non-hydrogen) atoms. The van der Waals surface area contributed by atoms with Gasteiger partial charge in [0.05, 0.1) is 16.2 Å². The third-order valence-corrected chi connectivity index (χ3v) is 6.93. The van der Waals surface area contributed by atoms with Crippen molar-refractivity contribution in [2.24, 2.45) is 0 Å². The Morgan fingerprint density at radius 1 is 1.09 bits per heavy atom. The minimum atomic E-state index is -4.51. The van der Waals surface area contributed by atoms with E-state index in [4.69, 9.17) is 0 Å². The average molecular weight is 485 g/mol. The Kier molecular flexibility index (Phi) is 7.24. The van der Waals surface area contributed by atoms with E-state index in [1.54, 1.807) is 29.7 Å². The van der Waals surface area contributed by atoms with Crippen molar-refractivity contribution in [3.63, 3.8) is 0 Å². The zero-order valence-electron chi connectivity index (χ0n) is 16.8. The molecule has 0 radical (unpaired) electrons. The fourth-order valence-electron chi connectivity index (χ4n) is 2.83. The van der Waals surface area contributed by atoms with Crippen LogP contribution in [-0.2, 0) is 33.1 Å². The standard InChI is InChI=1S/C20H19F3N4O3S2/c1-2-27-17(13-32(29,30)16-9-4-3-5-10-16)25-26-19(27)31-12-18(28)24-15-8-6-7-14(11-15)20(21,22)23/h3-11H,2,12-13H2,1H3,(H,24,28). The third kappa shape index (κ3) is 5.88. The number of sulfone groups is 1. The second kappa shape index (κ2) is 9.74. The summed E-state index contributed by atoms with van der Waals surface area (Å²) in [6.07, 6.45) is -4.51. The molecule has 7 nitrogen and oxygen atoms in total. The van der Waals surface area contributed by atoms with Crippen molar-refractivity contribution in [3.8, 4) is 0 Å². The zero-order valence-corrected chi connectivity index (χ0v) is 18.5. The normalized spacial score (nSPS) is 12.0. The molecule has 1 heterocycles. The van der Waals surface area contributed by atoms with E-state index in [-0.39, 0.29) is 27.9 Å². The number of anilines is 1. The summed E-state index contributed by atoms with van der Waals surface area (Å²) in [7, 11) is -3.62. The van der Waals surface area contributed by atoms with Crippen LogP contribution in [0.4, 0.5) is 18.9 Å². The number of carbonyl (C=O) groups excluding carboxylic acids is 1. The van der Waals surface area contributed by atoms with E-state index < -0.39 is 27.5 Å². The number of hydrogen-bond acceptors (Lipinski definition) is 6. The molecule has 0 unspecified atom stereocenters. The van der Waals surface area contributed by atoms with Gasteiger partial charge in [-0.25, -0.2) is 8.42 Å². The maximum absolute atomic E-state index is 12.8. The van der Waals surface area contributed by atoms with E-state index in [0.717, 1.165) is 23.9 Å². The first-order valence-corrected chi connectivity index (χ1v) is 12.0. The minimum absolute atomic E-state index is 0.0250. The first-order valence-electron chi connectivity index (χ1n) is 9.40. The van der Waals surface area contributed by atoms with Crippen LogP contribution >= 0.6 is 11.8 Å². The molecule has 1 N–H and O–H groups in total. The van der Waals surface area contributed by atoms with Crippen LogP contribution in [0.2, 0.25) is 0 Å². The van der Waals surface area contributed by atoms with Crippen LogP contribution in [0.25, 0.3) is 0 Å². The summed E-state index contributed by atoms with van der Waals surface area (Å²) < 4.78 is 65.2. The average Bonchev–Trinajstić information content (AvgIpc) is 3.13. The number of rotatable bonds is 8. The van der Waals surface area contributed by atoms with Gasteiger partial charge in [-0.1, -0.05) is 36.0 Å². The Balaban J connectivity index is 1.66. The fraction of sp³-hybridized carbons (Fsp3) is 0.250. The van der Waals surface area contributed by atoms with Gasteiger partial charge in [-0.15, -0.1) is 10.2 Å². The molecule has 0 spiro atoms. The van der Waals surface area contributed by atoms with E-state index in [0.29, 0.717) is 11.7 Å². The number of aromatic nitrogens is 3. The van der Waals surface area contributed by atoms with Gasteiger partial charge in [0, 0.05) is 12.2 Å². The summed E-state index contributed by atoms with van der Waals surface area (Å²) in [5.74, 6) is -0.787. The molecule has 0 saturated carbocycles. The topological polar surface area (TPSA) is 93.9 Å². The molecule has 1 amide bonds. The maximum atomic E-state index is 12.8. The van der Waals surface area contributed by atoms with Gasteiger partial charge in [0.25, 0.3) is 0 Å². The lowest BCUT2D eigenvalue weighted by atomic mass is 10.2. The van der Waals surface area contributed by atoms with Gasteiger partial charge >= 0.3 is 6.18 Å². The van der Waals surface area contributed by atoms with Gasteiger partial charge in [-0.3, -0.25) is 4.79 Å². The van der Waals surface area contributed by atoms with E-state index in [9.17, 15) is 26.4 Å². The summed E-state index contributed by atoms with van der Waals surface area (Å²) in [4.78, 5) is 12.4. The number of halogens is 3. The molecule has 0 aliphatic carbocycles. The Bertz CT molecular complexity index is 1200. The van der Waals surface area contributed by atoms with E-state index in [2.05, 4.69) is 15.5 Å². The first kappa shape index (κ1) is 23.8. The Labute approximate surface area is 187 Å². The molecule has 1 aromatic heterocycles. The number of nitrogens with one attached hydrogen (secondary N) is 1. The number of hydrogen-bond donors (Lipinski definition) is 1. The molecule has 0 saturated heterocycles. The molecule has 170 valence electrons. The van der Waals surface area contributed by atoms with Crippen LogP contribution in [0.1, 0.15) is 18.3 Å². The molecule has 2 aromatic carbocycles. The lowest BCUT2D eigenvalue weighted by Gasteiger charge is -2.10. The highest BCUT2D eigenvalue weighted by Crippen LogP contribution is 2.30. The summed E-state index contributed by atoms with van der Waals surface area (Å²) in [6, 6.07) is 12.3. The zero-order chi connectivity index (χ0) is 23.4. The molecular formula is C20H19F3N4O3S2. The number of thioether (sulfide) groups is 1. The largest absolute Gasteiger partial charge is 0.416 e. The van der Waals surface area contributed by atoms with Crippen LogP contribution in [-0.4, -0.2) is 34.8 Å². The summed E-state index contributed by atoms with van der Waals surface area (Å²) in [5.41, 5.74) is -0.838. The van der Waals surface area contributed by atoms with Crippen LogP contribution in [0.5, 0.6) is 0 Å². The smallest absolute Gasteiger partial charge is 0.325 e. The van der Waals surface area contributed by atoms with Gasteiger partial charge < -0.3 is 9.88 Å². The number of amides is 1. The summed E-state index contributed by atoms with van der Waals surface area (Å²) >= 11 is 1.01. The van der Waals surface area contributed by atoms with Crippen molar-refractivity contribution < 1.29 is 26.4 Å². The first-order chi connectivity index (χ1) is 15.1. The Morgan fingerprint density at radius 3 is 2.47 bits per heavy atom. The summed E-state index contributed by atoms with van der Waals surface area (Å²) in [6.45, 7) is 2.17. The second-order valence-corrected chi connectivity index (χ2v) is 9.56. The highest BCUT2D eigenvalue weighted by Gasteiger charge is 2.30. The van der Waals surface area contributed by atoms with Crippen molar-refractivity contribution >= 4 is 33.2 Å². The van der Waals surface area contributed by atoms with Gasteiger partial charge in [-0.2, -0.15) is 13.2 Å². The third-order valence-electron chi connectivity index (χ3n) is 4.34. The van der Waals surface area contributed by atoms with Gasteiger partial charge in [0.1, 0.15) is 11.6 Å². The molecule has 0 fully saturated rings. The van der Waals surface area contributed by atoms with Crippen LogP contribution in [0.3, 0.4) is 0 Å². The summed E-state index contributed by atoms with van der Waals surface area (Å²) in [5, 5.41) is 10.7. The van der Waals surface area contributed by atoms with E-state index in [1.807, 2.05) is 0 Å². The highest BCUT2D eigenvalue weighted by molar-refractivity contribution is 7.99. The fourth-order valence-corrected chi connectivity index (χ4v) is 4.94. The van der Waals surface area contributed by atoms with Crippen molar-refractivity contribution in [1.29, 1.82) is 0 Å². The lowest BCUT2D eigenvalue weighted by Crippen LogP contribution is -2.16. The molecule has 0 atom stereocenters. The minimum Gasteiger partial charge on any atom is -0.325 e. The number of alkyl halides is 3. The molecular weight excluding hydrogens is 465 g/mol. The Hall–Kier alpha value is -2.86. The molecule has 0 aliphatic rings. The number of carbonyl (C=O) groups is 1. The maximum Gasteiger partial charge on any atom is 0.416 e. The SMILES string of the molecule is CCn1c(CS(=O)(=O)c2ccccc2)nnc1SCC(=O)Nc1cccc(C(F)(F)F)c1. The molecule has 3 aromatic rings. The quantitative estimate of drug-likeness (QED) is 0.486. The van der Waals surface area contributed by atoms with Gasteiger partial charge in [0.2, 0.25) is 5.91 Å². The van der Waals surface area contributed by atoms with E-state index >= 15 is 0 Å².